The largest absolute Gasteiger partial charge is 0.373 e. The van der Waals surface area contributed by atoms with Crippen molar-refractivity contribution in [1.29, 1.82) is 0 Å². The molecule has 0 bridgehead atoms. The number of nitrogens with one attached hydrogen (secondary N) is 3. The van der Waals surface area contributed by atoms with Crippen LogP contribution in [0.2, 0.25) is 0 Å². The molecule has 20 heavy (non-hydrogen) atoms. The van der Waals surface area contributed by atoms with Gasteiger partial charge in [-0.2, -0.15) is 0 Å². The Morgan fingerprint density at radius 2 is 2.15 bits per heavy atom. The fraction of sp³-hybridized carbons (Fsp3) is 0.500. The number of carbonyl (C=O) groups excluding carboxylic acids is 2. The lowest BCUT2D eigenvalue weighted by molar-refractivity contribution is -0.121. The summed E-state index contributed by atoms with van der Waals surface area (Å²) in [6, 6.07) is 3.86. The van der Waals surface area contributed by atoms with E-state index in [9.17, 15) is 9.59 Å². The number of rotatable bonds is 7. The topological polar surface area (TPSA) is 83.1 Å². The van der Waals surface area contributed by atoms with Crippen LogP contribution in [-0.2, 0) is 4.79 Å². The third kappa shape index (κ3) is 4.53. The Kier molecular flexibility index (Phi) is 4.92. The first-order chi connectivity index (χ1) is 9.69. The first-order valence-corrected chi connectivity index (χ1v) is 6.90. The number of carbonyl (C=O) groups is 2. The van der Waals surface area contributed by atoms with E-state index >= 15 is 0 Å². The van der Waals surface area contributed by atoms with Crippen LogP contribution >= 0.6 is 0 Å². The van der Waals surface area contributed by atoms with E-state index in [0.29, 0.717) is 31.0 Å². The fourth-order valence-corrected chi connectivity index (χ4v) is 1.76. The van der Waals surface area contributed by atoms with Crippen LogP contribution in [0.1, 0.15) is 36.0 Å². The van der Waals surface area contributed by atoms with Crippen molar-refractivity contribution in [2.45, 2.75) is 31.7 Å². The maximum absolute atomic E-state index is 11.8. The van der Waals surface area contributed by atoms with Gasteiger partial charge in [-0.15, -0.1) is 0 Å². The summed E-state index contributed by atoms with van der Waals surface area (Å²) in [5.41, 5.74) is 0.520. The van der Waals surface area contributed by atoms with E-state index in [1.807, 2.05) is 0 Å². The minimum Gasteiger partial charge on any atom is -0.373 e. The highest BCUT2D eigenvalue weighted by Gasteiger charge is 2.22. The smallest absolute Gasteiger partial charge is 0.252 e. The van der Waals surface area contributed by atoms with E-state index in [1.165, 1.54) is 6.20 Å². The monoisotopic (exact) mass is 276 g/mol. The number of hydrogen-bond acceptors (Lipinski definition) is 4. The van der Waals surface area contributed by atoms with Gasteiger partial charge in [-0.25, -0.2) is 4.98 Å². The second kappa shape index (κ2) is 6.88. The van der Waals surface area contributed by atoms with E-state index in [1.54, 1.807) is 19.2 Å². The molecular weight excluding hydrogens is 256 g/mol. The number of hydrogen-bond donors (Lipinski definition) is 3. The molecule has 2 rings (SSSR count). The third-order valence-corrected chi connectivity index (χ3v) is 3.09. The van der Waals surface area contributed by atoms with Gasteiger partial charge in [-0.1, -0.05) is 0 Å². The molecule has 0 aromatic carbocycles. The average molecular weight is 276 g/mol. The second-order valence-corrected chi connectivity index (χ2v) is 4.88. The van der Waals surface area contributed by atoms with Gasteiger partial charge in [-0.3, -0.25) is 9.59 Å². The molecule has 0 radical (unpaired) electrons. The molecule has 2 amide bonds. The van der Waals surface area contributed by atoms with Gasteiger partial charge in [-0.05, 0) is 31.4 Å². The molecule has 1 fully saturated rings. The highest BCUT2D eigenvalue weighted by atomic mass is 16.2. The van der Waals surface area contributed by atoms with Crippen LogP contribution in [0.5, 0.6) is 0 Å². The first-order valence-electron chi connectivity index (χ1n) is 6.90. The van der Waals surface area contributed by atoms with E-state index in [4.69, 9.17) is 0 Å². The van der Waals surface area contributed by atoms with E-state index < -0.39 is 0 Å². The summed E-state index contributed by atoms with van der Waals surface area (Å²) in [6.07, 6.45) is 4.82. The highest BCUT2D eigenvalue weighted by Crippen LogP contribution is 2.18. The zero-order valence-corrected chi connectivity index (χ0v) is 11.6. The van der Waals surface area contributed by atoms with Gasteiger partial charge in [0, 0.05) is 32.3 Å². The number of nitrogens with zero attached hydrogens (tertiary/aromatic N) is 1. The van der Waals surface area contributed by atoms with Crippen molar-refractivity contribution < 1.29 is 9.59 Å². The van der Waals surface area contributed by atoms with Crippen molar-refractivity contribution in [2.24, 2.45) is 0 Å². The predicted octanol–water partition coefficient (Wildman–Crippen LogP) is 0.912. The van der Waals surface area contributed by atoms with E-state index in [0.717, 1.165) is 18.7 Å². The van der Waals surface area contributed by atoms with Crippen LogP contribution in [0.3, 0.4) is 0 Å². The molecular formula is C14H20N4O2. The standard InChI is InChI=1S/C14H20N4O2/c1-15-12-7-4-10(9-17-12)14(20)16-8-2-3-13(19)18-11-5-6-11/h4,7,9,11H,2-3,5-6,8H2,1H3,(H,15,17)(H,16,20)(H,18,19). The van der Waals surface area contributed by atoms with Crippen LogP contribution in [0.15, 0.2) is 18.3 Å². The van der Waals surface area contributed by atoms with Crippen molar-refractivity contribution in [3.63, 3.8) is 0 Å². The zero-order valence-electron chi connectivity index (χ0n) is 11.6. The van der Waals surface area contributed by atoms with Crippen molar-refractivity contribution in [2.75, 3.05) is 18.9 Å². The molecule has 1 aliphatic rings. The Labute approximate surface area is 118 Å². The maximum atomic E-state index is 11.8. The summed E-state index contributed by atoms with van der Waals surface area (Å²) in [5.74, 6) is 0.628. The zero-order chi connectivity index (χ0) is 14.4. The lowest BCUT2D eigenvalue weighted by atomic mass is 10.2. The SMILES string of the molecule is CNc1ccc(C(=O)NCCCC(=O)NC2CC2)cn1. The van der Waals surface area contributed by atoms with Gasteiger partial charge in [0.15, 0.2) is 0 Å². The maximum Gasteiger partial charge on any atom is 0.252 e. The van der Waals surface area contributed by atoms with Gasteiger partial charge < -0.3 is 16.0 Å². The first kappa shape index (κ1) is 14.3. The number of amides is 2. The molecule has 6 heteroatoms. The average Bonchev–Trinajstić information content (AvgIpc) is 3.27. The summed E-state index contributed by atoms with van der Waals surface area (Å²) in [6.45, 7) is 0.491. The molecule has 108 valence electrons. The van der Waals surface area contributed by atoms with Crippen LogP contribution < -0.4 is 16.0 Å². The van der Waals surface area contributed by atoms with Crippen LogP contribution in [0, 0.1) is 0 Å². The number of anilines is 1. The lowest BCUT2D eigenvalue weighted by Gasteiger charge is -2.06. The number of pyridine rings is 1. The molecule has 3 N–H and O–H groups in total. The molecule has 0 saturated heterocycles. The fourth-order valence-electron chi connectivity index (χ4n) is 1.76. The number of aromatic nitrogens is 1. The molecule has 1 aliphatic carbocycles. The quantitative estimate of drug-likeness (QED) is 0.646. The van der Waals surface area contributed by atoms with Crippen LogP contribution in [0.4, 0.5) is 5.82 Å². The molecule has 6 nitrogen and oxygen atoms in total. The Morgan fingerprint density at radius 1 is 1.35 bits per heavy atom. The normalized spacial score (nSPS) is 13.7. The summed E-state index contributed by atoms with van der Waals surface area (Å²) < 4.78 is 0. The molecule has 0 atom stereocenters. The third-order valence-electron chi connectivity index (χ3n) is 3.09. The minimum atomic E-state index is -0.164. The summed E-state index contributed by atoms with van der Waals surface area (Å²) in [7, 11) is 1.77. The summed E-state index contributed by atoms with van der Waals surface area (Å²) >= 11 is 0. The Hall–Kier alpha value is -2.11. The van der Waals surface area contributed by atoms with Crippen LogP contribution in [0.25, 0.3) is 0 Å². The second-order valence-electron chi connectivity index (χ2n) is 4.88. The van der Waals surface area contributed by atoms with Gasteiger partial charge in [0.2, 0.25) is 5.91 Å². The molecule has 0 unspecified atom stereocenters. The Balaban J connectivity index is 1.64. The molecule has 1 aromatic rings. The van der Waals surface area contributed by atoms with Gasteiger partial charge in [0.1, 0.15) is 5.82 Å². The van der Waals surface area contributed by atoms with Gasteiger partial charge >= 0.3 is 0 Å². The Morgan fingerprint density at radius 3 is 2.75 bits per heavy atom. The summed E-state index contributed by atoms with van der Waals surface area (Å²) in [5, 5.41) is 8.59. The molecule has 1 heterocycles. The van der Waals surface area contributed by atoms with Crippen molar-refractivity contribution >= 4 is 17.6 Å². The Bertz CT molecular complexity index is 469. The van der Waals surface area contributed by atoms with Crippen molar-refractivity contribution in [1.82, 2.24) is 15.6 Å². The summed E-state index contributed by atoms with van der Waals surface area (Å²) in [4.78, 5) is 27.3. The molecule has 0 spiro atoms. The van der Waals surface area contributed by atoms with Crippen molar-refractivity contribution in [3.05, 3.63) is 23.9 Å². The molecule has 1 saturated carbocycles. The lowest BCUT2D eigenvalue weighted by Crippen LogP contribution is -2.28. The van der Waals surface area contributed by atoms with Crippen molar-refractivity contribution in [3.8, 4) is 0 Å². The van der Waals surface area contributed by atoms with E-state index in [2.05, 4.69) is 20.9 Å². The van der Waals surface area contributed by atoms with Crippen LogP contribution in [-0.4, -0.2) is 36.4 Å². The molecule has 0 aliphatic heterocycles. The van der Waals surface area contributed by atoms with Gasteiger partial charge in [0.05, 0.1) is 5.56 Å². The predicted molar refractivity (Wildman–Crippen MR) is 76.5 cm³/mol. The molecule has 1 aromatic heterocycles. The minimum absolute atomic E-state index is 0.0711. The van der Waals surface area contributed by atoms with E-state index in [-0.39, 0.29) is 11.8 Å². The van der Waals surface area contributed by atoms with Gasteiger partial charge in [0.25, 0.3) is 5.91 Å². The highest BCUT2D eigenvalue weighted by molar-refractivity contribution is 5.94.